The van der Waals surface area contributed by atoms with Crippen LogP contribution in [0.4, 0.5) is 0 Å². The van der Waals surface area contributed by atoms with Gasteiger partial charge in [-0.05, 0) is 49.9 Å². The Morgan fingerprint density at radius 3 is 2.61 bits per heavy atom. The zero-order chi connectivity index (χ0) is 16.7. The quantitative estimate of drug-likeness (QED) is 0.482. The van der Waals surface area contributed by atoms with Crippen LogP contribution in [0.3, 0.4) is 0 Å². The van der Waals surface area contributed by atoms with Crippen LogP contribution in [0.5, 0.6) is 0 Å². The summed E-state index contributed by atoms with van der Waals surface area (Å²) in [6.07, 6.45) is 2.61. The average molecular weight is 314 g/mol. The number of nitrogens with one attached hydrogen (secondary N) is 1. The predicted octanol–water partition coefficient (Wildman–Crippen LogP) is 2.90. The smallest absolute Gasteiger partial charge is 0.189 e. The first-order valence-electron chi connectivity index (χ1n) is 8.52. The molecule has 1 saturated heterocycles. The molecule has 0 bridgehead atoms. The number of guanidine groups is 1. The molecule has 4 nitrogen and oxygen atoms in total. The van der Waals surface area contributed by atoms with Gasteiger partial charge in [-0.2, -0.15) is 0 Å². The lowest BCUT2D eigenvalue weighted by Gasteiger charge is -2.30. The minimum Gasteiger partial charge on any atom is -0.370 e. The Bertz CT molecular complexity index is 542. The normalized spacial score (nSPS) is 17.2. The number of aliphatic imine (C=N–C) groups is 1. The van der Waals surface area contributed by atoms with Gasteiger partial charge in [0.2, 0.25) is 0 Å². The zero-order valence-electron chi connectivity index (χ0n) is 14.5. The number of benzene rings is 1. The molecule has 0 atom stereocenters. The predicted molar refractivity (Wildman–Crippen MR) is 98.3 cm³/mol. The fraction of sp³-hybridized carbons (Fsp3) is 0.526. The molecule has 0 aliphatic carbocycles. The second-order valence-electron chi connectivity index (χ2n) is 6.74. The van der Waals surface area contributed by atoms with E-state index in [4.69, 9.17) is 5.73 Å². The first-order chi connectivity index (χ1) is 11.0. The van der Waals surface area contributed by atoms with Gasteiger partial charge in [-0.3, -0.25) is 4.90 Å². The van der Waals surface area contributed by atoms with Crippen LogP contribution in [0.25, 0.3) is 0 Å². The highest BCUT2D eigenvalue weighted by Crippen LogP contribution is 2.20. The van der Waals surface area contributed by atoms with Crippen LogP contribution >= 0.6 is 0 Å². The Morgan fingerprint density at radius 2 is 1.96 bits per heavy atom. The van der Waals surface area contributed by atoms with Crippen molar-refractivity contribution in [2.24, 2.45) is 16.6 Å². The summed E-state index contributed by atoms with van der Waals surface area (Å²) in [5, 5.41) is 3.08. The molecule has 1 aliphatic heterocycles. The summed E-state index contributed by atoms with van der Waals surface area (Å²) in [6.45, 7) is 12.9. The van der Waals surface area contributed by atoms with Gasteiger partial charge in [0, 0.05) is 13.1 Å². The average Bonchev–Trinajstić information content (AvgIpc) is 2.54. The Balaban J connectivity index is 1.94. The third-order valence-corrected chi connectivity index (χ3v) is 4.38. The molecule has 1 fully saturated rings. The van der Waals surface area contributed by atoms with E-state index in [0.29, 0.717) is 19.0 Å². The number of hydrogen-bond donors (Lipinski definition) is 2. The van der Waals surface area contributed by atoms with Crippen molar-refractivity contribution in [3.05, 3.63) is 47.5 Å². The van der Waals surface area contributed by atoms with Crippen molar-refractivity contribution in [1.82, 2.24) is 10.2 Å². The molecule has 1 heterocycles. The van der Waals surface area contributed by atoms with Gasteiger partial charge < -0.3 is 11.1 Å². The SMILES string of the molecule is C=C(C)CNC(N)=NCc1ccccc1CN1CCC(C)CC1. The molecule has 4 heteroatoms. The van der Waals surface area contributed by atoms with Crippen LogP contribution in [0, 0.1) is 5.92 Å². The minimum atomic E-state index is 0.481. The number of rotatable bonds is 6. The molecule has 0 aromatic heterocycles. The monoisotopic (exact) mass is 314 g/mol. The van der Waals surface area contributed by atoms with E-state index in [-0.39, 0.29) is 0 Å². The van der Waals surface area contributed by atoms with E-state index in [1.54, 1.807) is 0 Å². The van der Waals surface area contributed by atoms with E-state index in [0.717, 1.165) is 18.0 Å². The summed E-state index contributed by atoms with van der Waals surface area (Å²) in [5.74, 6) is 1.35. The lowest BCUT2D eigenvalue weighted by atomic mass is 9.98. The number of piperidine rings is 1. The Morgan fingerprint density at radius 1 is 1.30 bits per heavy atom. The van der Waals surface area contributed by atoms with Crippen molar-refractivity contribution < 1.29 is 0 Å². The second kappa shape index (κ2) is 8.73. The number of nitrogens with two attached hydrogens (primary N) is 1. The maximum atomic E-state index is 5.91. The first kappa shape index (κ1) is 17.5. The van der Waals surface area contributed by atoms with Crippen LogP contribution in [0.2, 0.25) is 0 Å². The number of hydrogen-bond acceptors (Lipinski definition) is 2. The molecule has 126 valence electrons. The topological polar surface area (TPSA) is 53.6 Å². The summed E-state index contributed by atoms with van der Waals surface area (Å²) in [7, 11) is 0. The molecule has 1 aromatic rings. The molecule has 1 aliphatic rings. The van der Waals surface area contributed by atoms with Gasteiger partial charge >= 0.3 is 0 Å². The molecule has 0 unspecified atom stereocenters. The molecule has 3 N–H and O–H groups in total. The highest BCUT2D eigenvalue weighted by Gasteiger charge is 2.16. The van der Waals surface area contributed by atoms with Crippen molar-refractivity contribution in [2.75, 3.05) is 19.6 Å². The van der Waals surface area contributed by atoms with Crippen LogP contribution < -0.4 is 11.1 Å². The first-order valence-corrected chi connectivity index (χ1v) is 8.52. The van der Waals surface area contributed by atoms with Crippen molar-refractivity contribution in [3.8, 4) is 0 Å². The van der Waals surface area contributed by atoms with Gasteiger partial charge in [-0.1, -0.05) is 43.3 Å². The number of likely N-dealkylation sites (tertiary alicyclic amines) is 1. The summed E-state index contributed by atoms with van der Waals surface area (Å²) in [5.41, 5.74) is 9.57. The van der Waals surface area contributed by atoms with E-state index in [1.165, 1.54) is 37.1 Å². The van der Waals surface area contributed by atoms with Crippen molar-refractivity contribution in [2.45, 2.75) is 39.8 Å². The van der Waals surface area contributed by atoms with Crippen molar-refractivity contribution >= 4 is 5.96 Å². The fourth-order valence-corrected chi connectivity index (χ4v) is 2.79. The van der Waals surface area contributed by atoms with Crippen molar-refractivity contribution in [3.63, 3.8) is 0 Å². The summed E-state index contributed by atoms with van der Waals surface area (Å²) >= 11 is 0. The maximum Gasteiger partial charge on any atom is 0.189 e. The highest BCUT2D eigenvalue weighted by molar-refractivity contribution is 5.78. The van der Waals surface area contributed by atoms with Crippen LogP contribution in [-0.4, -0.2) is 30.5 Å². The van der Waals surface area contributed by atoms with Gasteiger partial charge in [0.15, 0.2) is 5.96 Å². The van der Waals surface area contributed by atoms with Crippen LogP contribution in [0.15, 0.2) is 41.4 Å². The Labute approximate surface area is 140 Å². The molecular weight excluding hydrogens is 284 g/mol. The van der Waals surface area contributed by atoms with Crippen molar-refractivity contribution in [1.29, 1.82) is 0 Å². The standard InChI is InChI=1S/C19H30N4/c1-15(2)12-21-19(20)22-13-17-6-4-5-7-18(17)14-23-10-8-16(3)9-11-23/h4-7,16H,1,8-14H2,2-3H3,(H3,20,21,22). The highest BCUT2D eigenvalue weighted by atomic mass is 15.1. The zero-order valence-corrected chi connectivity index (χ0v) is 14.5. The lowest BCUT2D eigenvalue weighted by Crippen LogP contribution is -2.33. The summed E-state index contributed by atoms with van der Waals surface area (Å²) in [4.78, 5) is 7.00. The van der Waals surface area contributed by atoms with E-state index in [2.05, 4.69) is 53.0 Å². The van der Waals surface area contributed by atoms with Gasteiger partial charge in [0.25, 0.3) is 0 Å². The molecule has 2 rings (SSSR count). The third kappa shape index (κ3) is 6.06. The summed E-state index contributed by atoms with van der Waals surface area (Å²) < 4.78 is 0. The molecule has 23 heavy (non-hydrogen) atoms. The third-order valence-electron chi connectivity index (χ3n) is 4.38. The van der Waals surface area contributed by atoms with E-state index in [1.807, 2.05) is 6.92 Å². The lowest BCUT2D eigenvalue weighted by molar-refractivity contribution is 0.185. The molecule has 0 amide bonds. The van der Waals surface area contributed by atoms with E-state index < -0.39 is 0 Å². The number of nitrogens with zero attached hydrogens (tertiary/aromatic N) is 2. The Hall–Kier alpha value is -1.81. The van der Waals surface area contributed by atoms with Gasteiger partial charge in [0.1, 0.15) is 0 Å². The Kier molecular flexibility index (Phi) is 6.66. The largest absolute Gasteiger partial charge is 0.370 e. The van der Waals surface area contributed by atoms with E-state index >= 15 is 0 Å². The molecule has 0 spiro atoms. The summed E-state index contributed by atoms with van der Waals surface area (Å²) in [6, 6.07) is 8.54. The molecule has 0 radical (unpaired) electrons. The van der Waals surface area contributed by atoms with E-state index in [9.17, 15) is 0 Å². The molecule has 1 aromatic carbocycles. The molecule has 0 saturated carbocycles. The van der Waals surface area contributed by atoms with Gasteiger partial charge in [-0.25, -0.2) is 4.99 Å². The van der Waals surface area contributed by atoms with Gasteiger partial charge in [0.05, 0.1) is 6.54 Å². The second-order valence-corrected chi connectivity index (χ2v) is 6.74. The van der Waals surface area contributed by atoms with Gasteiger partial charge in [-0.15, -0.1) is 0 Å². The maximum absolute atomic E-state index is 5.91. The van der Waals surface area contributed by atoms with Crippen LogP contribution in [-0.2, 0) is 13.1 Å². The molecular formula is C19H30N4. The minimum absolute atomic E-state index is 0.481. The van der Waals surface area contributed by atoms with Crippen LogP contribution in [0.1, 0.15) is 37.8 Å². The fourth-order valence-electron chi connectivity index (χ4n) is 2.79.